The fourth-order valence-corrected chi connectivity index (χ4v) is 3.67. The Kier molecular flexibility index (Phi) is 8.56. The third-order valence-electron chi connectivity index (χ3n) is 4.76. The average molecular weight is 588 g/mol. The van der Waals surface area contributed by atoms with Crippen molar-refractivity contribution in [3.05, 3.63) is 92.3 Å². The monoisotopic (exact) mass is 586 g/mol. The molecule has 1 amide bonds. The van der Waals surface area contributed by atoms with Crippen LogP contribution in [-0.2, 0) is 6.18 Å². The molecule has 0 aliphatic rings. The zero-order valence-corrected chi connectivity index (χ0v) is 20.1. The number of anilines is 1. The van der Waals surface area contributed by atoms with Gasteiger partial charge in [0.15, 0.2) is 0 Å². The number of hydrogen-bond donors (Lipinski definition) is 2. The van der Waals surface area contributed by atoms with Crippen molar-refractivity contribution in [2.45, 2.75) is 18.3 Å². The number of hydrogen-bond acceptors (Lipinski definition) is 4. The summed E-state index contributed by atoms with van der Waals surface area (Å²) in [6.07, 6.45) is -7.75. The fourth-order valence-electron chi connectivity index (χ4n) is 3.06. The second kappa shape index (κ2) is 11.1. The molecular formula is C22H12Cl3F7N4O. The van der Waals surface area contributed by atoms with Gasteiger partial charge < -0.3 is 0 Å². The maximum atomic E-state index is 14.9. The molecule has 0 aliphatic heterocycles. The first-order chi connectivity index (χ1) is 17.2. The molecule has 1 unspecified atom stereocenters. The Morgan fingerprint density at radius 2 is 1.62 bits per heavy atom. The molecule has 3 rings (SSSR count). The maximum absolute atomic E-state index is 14.9. The normalized spacial score (nSPS) is 13.3. The number of amides is 1. The van der Waals surface area contributed by atoms with E-state index in [0.717, 1.165) is 24.5 Å². The van der Waals surface area contributed by atoms with Crippen molar-refractivity contribution in [2.75, 3.05) is 5.43 Å². The number of nitrogens with zero attached hydrogens (tertiary/aromatic N) is 2. The van der Waals surface area contributed by atoms with Crippen LogP contribution in [0.4, 0.5) is 36.6 Å². The lowest BCUT2D eigenvalue weighted by molar-refractivity contribution is -0.140. The van der Waals surface area contributed by atoms with Gasteiger partial charge >= 0.3 is 12.4 Å². The van der Waals surface area contributed by atoms with E-state index in [1.54, 1.807) is 0 Å². The first-order valence-electron chi connectivity index (χ1n) is 9.81. The fraction of sp³-hybridized carbons (Fsp3) is 0.136. The van der Waals surface area contributed by atoms with Crippen LogP contribution in [0.15, 0.2) is 55.0 Å². The highest BCUT2D eigenvalue weighted by Gasteiger charge is 2.41. The molecule has 196 valence electrons. The highest BCUT2D eigenvalue weighted by Crippen LogP contribution is 2.42. The third-order valence-corrected chi connectivity index (χ3v) is 5.96. The van der Waals surface area contributed by atoms with E-state index in [1.807, 2.05) is 5.43 Å². The van der Waals surface area contributed by atoms with Gasteiger partial charge in [0.05, 0.1) is 26.2 Å². The molecule has 0 bridgehead atoms. The minimum Gasteiger partial charge on any atom is -0.282 e. The van der Waals surface area contributed by atoms with Crippen LogP contribution in [0.25, 0.3) is 5.83 Å². The predicted octanol–water partition coefficient (Wildman–Crippen LogP) is 7.87. The summed E-state index contributed by atoms with van der Waals surface area (Å²) in [5.74, 6) is -5.47. The molecule has 1 atom stereocenters. The van der Waals surface area contributed by atoms with E-state index in [2.05, 4.69) is 15.4 Å². The molecule has 3 aromatic rings. The molecule has 2 aromatic carbocycles. The number of aromatic nitrogens is 2. The molecule has 5 nitrogen and oxygen atoms in total. The zero-order chi connectivity index (χ0) is 27.5. The van der Waals surface area contributed by atoms with Crippen molar-refractivity contribution in [1.82, 2.24) is 15.4 Å². The van der Waals surface area contributed by atoms with Gasteiger partial charge in [-0.2, -0.15) is 26.3 Å². The Morgan fingerprint density at radius 3 is 2.16 bits per heavy atom. The number of nitrogens with one attached hydrogen (secondary N) is 2. The molecule has 15 heteroatoms. The topological polar surface area (TPSA) is 66.9 Å². The summed E-state index contributed by atoms with van der Waals surface area (Å²) in [7, 11) is 0. The standard InChI is InChI=1S/C22H12Cl3F7N4O/c23-15-6-11(7-16(24)19(15)25)13(21(27,28)29)8-17(26)10-1-2-12(14(5-10)22(30,31)32)20(37)36-35-18-3-4-33-9-34-18/h1-9,13H,(H,36,37)(H,33,34,35)/b17-8-. The van der Waals surface area contributed by atoms with Gasteiger partial charge in [-0.3, -0.25) is 15.6 Å². The molecule has 0 aliphatic carbocycles. The lowest BCUT2D eigenvalue weighted by atomic mass is 9.95. The van der Waals surface area contributed by atoms with Crippen molar-refractivity contribution in [3.8, 4) is 0 Å². The molecule has 0 fully saturated rings. The molecule has 1 heterocycles. The highest BCUT2D eigenvalue weighted by molar-refractivity contribution is 6.48. The molecular weight excluding hydrogens is 576 g/mol. The van der Waals surface area contributed by atoms with Crippen molar-refractivity contribution in [2.24, 2.45) is 0 Å². The van der Waals surface area contributed by atoms with Crippen LogP contribution in [0.2, 0.25) is 15.1 Å². The molecule has 0 saturated heterocycles. The van der Waals surface area contributed by atoms with Crippen molar-refractivity contribution < 1.29 is 35.5 Å². The van der Waals surface area contributed by atoms with Crippen LogP contribution in [-0.4, -0.2) is 22.1 Å². The van der Waals surface area contributed by atoms with E-state index in [0.29, 0.717) is 6.07 Å². The summed E-state index contributed by atoms with van der Waals surface area (Å²) < 4.78 is 97.1. The smallest absolute Gasteiger partial charge is 0.282 e. The predicted molar refractivity (Wildman–Crippen MR) is 124 cm³/mol. The van der Waals surface area contributed by atoms with Gasteiger partial charge in [0.2, 0.25) is 0 Å². The SMILES string of the molecule is O=C(NNc1ccncn1)c1ccc(/C(F)=C/C(c2cc(Cl)c(Cl)c(Cl)c2)C(F)(F)F)cc1C(F)(F)F. The van der Waals surface area contributed by atoms with Crippen molar-refractivity contribution >= 4 is 52.4 Å². The zero-order valence-electron chi connectivity index (χ0n) is 17.9. The van der Waals surface area contributed by atoms with Gasteiger partial charge in [-0.25, -0.2) is 14.4 Å². The van der Waals surface area contributed by atoms with Crippen LogP contribution in [0.3, 0.4) is 0 Å². The van der Waals surface area contributed by atoms with E-state index >= 15 is 0 Å². The largest absolute Gasteiger partial charge is 0.417 e. The first-order valence-corrected chi connectivity index (χ1v) is 10.9. The first kappa shape index (κ1) is 28.5. The number of rotatable bonds is 6. The molecule has 37 heavy (non-hydrogen) atoms. The molecule has 0 radical (unpaired) electrons. The lowest BCUT2D eigenvalue weighted by Crippen LogP contribution is -2.31. The van der Waals surface area contributed by atoms with E-state index in [4.69, 9.17) is 34.8 Å². The van der Waals surface area contributed by atoms with Crippen LogP contribution in [0.5, 0.6) is 0 Å². The number of hydrazine groups is 1. The summed E-state index contributed by atoms with van der Waals surface area (Å²) in [4.78, 5) is 19.7. The summed E-state index contributed by atoms with van der Waals surface area (Å²) in [6, 6.07) is 4.53. The minimum absolute atomic E-state index is 0.0584. The summed E-state index contributed by atoms with van der Waals surface area (Å²) in [6.45, 7) is 0. The minimum atomic E-state index is -5.15. The van der Waals surface area contributed by atoms with E-state index < -0.39 is 52.3 Å². The number of allylic oxidation sites excluding steroid dienone is 1. The summed E-state index contributed by atoms with van der Waals surface area (Å²) >= 11 is 17.3. The number of alkyl halides is 6. The quantitative estimate of drug-likeness (QED) is 0.175. The van der Waals surface area contributed by atoms with Crippen molar-refractivity contribution in [3.63, 3.8) is 0 Å². The van der Waals surface area contributed by atoms with Gasteiger partial charge in [-0.05, 0) is 35.9 Å². The average Bonchev–Trinajstić information content (AvgIpc) is 2.83. The van der Waals surface area contributed by atoms with Crippen LogP contribution in [0, 0.1) is 0 Å². The van der Waals surface area contributed by atoms with Gasteiger partial charge in [0, 0.05) is 17.8 Å². The van der Waals surface area contributed by atoms with E-state index in [9.17, 15) is 35.5 Å². The van der Waals surface area contributed by atoms with Gasteiger partial charge in [0.1, 0.15) is 23.9 Å². The number of benzene rings is 2. The third kappa shape index (κ3) is 7.02. The summed E-state index contributed by atoms with van der Waals surface area (Å²) in [5, 5.41) is -0.898. The molecule has 0 saturated carbocycles. The maximum Gasteiger partial charge on any atom is 0.417 e. The number of carbonyl (C=O) groups excluding carboxylic acids is 1. The van der Waals surface area contributed by atoms with E-state index in [-0.39, 0.29) is 33.0 Å². The lowest BCUT2D eigenvalue weighted by Gasteiger charge is -2.19. The second-order valence-corrected chi connectivity index (χ2v) is 8.46. The Balaban J connectivity index is 1.99. The van der Waals surface area contributed by atoms with E-state index in [1.165, 1.54) is 12.3 Å². The Bertz CT molecular complexity index is 1310. The molecule has 2 N–H and O–H groups in total. The van der Waals surface area contributed by atoms with Crippen LogP contribution >= 0.6 is 34.8 Å². The van der Waals surface area contributed by atoms with Crippen LogP contribution < -0.4 is 10.9 Å². The van der Waals surface area contributed by atoms with Crippen LogP contribution in [0.1, 0.15) is 33.0 Å². The summed E-state index contributed by atoms with van der Waals surface area (Å²) in [5.41, 5.74) is 0.312. The molecule has 0 spiro atoms. The Labute approximate surface area is 219 Å². The number of halogens is 10. The second-order valence-electron chi connectivity index (χ2n) is 7.26. The van der Waals surface area contributed by atoms with Crippen molar-refractivity contribution in [1.29, 1.82) is 0 Å². The van der Waals surface area contributed by atoms with Gasteiger partial charge in [-0.1, -0.05) is 40.9 Å². The Hall–Kier alpha value is -3.09. The highest BCUT2D eigenvalue weighted by atomic mass is 35.5. The number of carbonyl (C=O) groups is 1. The van der Waals surface area contributed by atoms with Gasteiger partial charge in [0.25, 0.3) is 5.91 Å². The Morgan fingerprint density at radius 1 is 0.973 bits per heavy atom. The molecule has 1 aromatic heterocycles. The van der Waals surface area contributed by atoms with Gasteiger partial charge in [-0.15, -0.1) is 0 Å².